The summed E-state index contributed by atoms with van der Waals surface area (Å²) < 4.78 is 6.78. The maximum absolute atomic E-state index is 7.20. The Labute approximate surface area is 67.0 Å². The molecule has 0 aliphatic carbocycles. The highest BCUT2D eigenvalue weighted by molar-refractivity contribution is 5.74. The van der Waals surface area contributed by atoms with E-state index >= 15 is 0 Å². The van der Waals surface area contributed by atoms with E-state index in [2.05, 4.69) is 5.11 Å². The van der Waals surface area contributed by atoms with Crippen LogP contribution in [0.25, 0.3) is 0 Å². The second kappa shape index (κ2) is 3.06. The van der Waals surface area contributed by atoms with Gasteiger partial charge in [-0.15, -0.1) is 0 Å². The monoisotopic (exact) mass is 160 g/mol. The van der Waals surface area contributed by atoms with Crippen LogP contribution in [0.1, 0.15) is 12.8 Å². The fourth-order valence-electron chi connectivity index (χ4n) is 1.26. The predicted octanol–water partition coefficient (Wildman–Crippen LogP) is -1.38. The lowest BCUT2D eigenvalue weighted by atomic mass is 10.1. The summed E-state index contributed by atoms with van der Waals surface area (Å²) in [5.41, 5.74) is 11.0. The molecule has 0 amide bonds. The molecular formula is C6H14N4O. The smallest absolute Gasteiger partial charge is 0.213 e. The van der Waals surface area contributed by atoms with Gasteiger partial charge in [0.25, 0.3) is 0 Å². The third-order valence-electron chi connectivity index (χ3n) is 1.92. The lowest BCUT2D eigenvalue weighted by molar-refractivity contribution is 0.00557. The quantitative estimate of drug-likeness (QED) is 0.280. The van der Waals surface area contributed by atoms with Gasteiger partial charge in [0.15, 0.2) is 5.96 Å². The zero-order chi connectivity index (χ0) is 9.14. The van der Waals surface area contributed by atoms with E-state index < -0.39 is 6.23 Å². The van der Waals surface area contributed by atoms with Crippen molar-refractivity contribution >= 4 is 5.96 Å². The van der Waals surface area contributed by atoms with Crippen molar-refractivity contribution < 1.29 is 5.11 Å². The summed E-state index contributed by atoms with van der Waals surface area (Å²) in [4.78, 5) is 1.50. The van der Waals surface area contributed by atoms with Crippen LogP contribution in [0, 0.1) is 5.41 Å². The van der Waals surface area contributed by atoms with E-state index in [-0.39, 0.29) is 12.0 Å². The van der Waals surface area contributed by atoms with Gasteiger partial charge in [-0.25, -0.2) is 0 Å². The van der Waals surface area contributed by atoms with E-state index in [1.54, 1.807) is 0 Å². The average Bonchev–Trinajstić information content (AvgIpc) is 2.03. The summed E-state index contributed by atoms with van der Waals surface area (Å²) in [6.07, 6.45) is 1.14. The van der Waals surface area contributed by atoms with Crippen molar-refractivity contribution in [2.75, 3.05) is 6.54 Å². The number of rotatable bonds is 1. The molecule has 11 heavy (non-hydrogen) atoms. The molecule has 0 bridgehead atoms. The Morgan fingerprint density at radius 2 is 2.55 bits per heavy atom. The molecule has 5 heteroatoms. The largest absolute Gasteiger partial charge is 0.372 e. The van der Waals surface area contributed by atoms with E-state index in [0.29, 0.717) is 6.54 Å². The van der Waals surface area contributed by atoms with Crippen LogP contribution in [0.5, 0.6) is 0 Å². The molecule has 64 valence electrons. The van der Waals surface area contributed by atoms with Crippen LogP contribution in [0.4, 0.5) is 0 Å². The molecule has 1 rings (SSSR count). The van der Waals surface area contributed by atoms with Crippen molar-refractivity contribution in [3.63, 3.8) is 0 Å². The minimum Gasteiger partial charge on any atom is -0.372 e. The van der Waals surface area contributed by atoms with Crippen molar-refractivity contribution in [2.24, 2.45) is 11.5 Å². The Bertz CT molecular complexity index is 177. The average molecular weight is 160 g/mol. The summed E-state index contributed by atoms with van der Waals surface area (Å²) in [7, 11) is 0. The van der Waals surface area contributed by atoms with E-state index in [9.17, 15) is 0 Å². The number of hydrogen-bond acceptors (Lipinski definition) is 3. The Morgan fingerprint density at radius 1 is 1.82 bits per heavy atom. The van der Waals surface area contributed by atoms with Crippen LogP contribution in [-0.2, 0) is 0 Å². The number of nitrogens with one attached hydrogen (secondary N) is 1. The summed E-state index contributed by atoms with van der Waals surface area (Å²) in [6.45, 7) is 0.645. The van der Waals surface area contributed by atoms with Crippen molar-refractivity contribution in [1.29, 1.82) is 6.84 Å². The van der Waals surface area contributed by atoms with Gasteiger partial charge in [0.05, 0.1) is 0 Å². The Morgan fingerprint density at radius 3 is 3.00 bits per heavy atom. The zero-order valence-corrected chi connectivity index (χ0v) is 6.29. The Hall–Kier alpha value is -0.810. The first-order valence-electron chi connectivity index (χ1n) is 4.06. The van der Waals surface area contributed by atoms with Crippen LogP contribution in [0.15, 0.2) is 0 Å². The van der Waals surface area contributed by atoms with Gasteiger partial charge in [-0.3, -0.25) is 5.41 Å². The van der Waals surface area contributed by atoms with E-state index in [0.717, 1.165) is 12.8 Å². The van der Waals surface area contributed by atoms with E-state index in [4.69, 9.17) is 18.3 Å². The minimum absolute atomic E-state index is 0.0811. The van der Waals surface area contributed by atoms with Crippen LogP contribution >= 0.6 is 0 Å². The number of nitrogens with two attached hydrogens (primary N) is 2. The molecule has 0 aromatic carbocycles. The van der Waals surface area contributed by atoms with Gasteiger partial charge < -0.3 is 21.5 Å². The number of piperidine rings is 1. The first kappa shape index (κ1) is 6.87. The first-order chi connectivity index (χ1) is 5.66. The van der Waals surface area contributed by atoms with Crippen molar-refractivity contribution in [2.45, 2.75) is 25.1 Å². The molecule has 5 nitrogen and oxygen atoms in total. The van der Waals surface area contributed by atoms with Gasteiger partial charge in [0.2, 0.25) is 1.43 Å². The molecule has 0 aromatic rings. The number of aliphatic hydroxyl groups excluding tert-OH is 1. The normalized spacial score (nSPS) is 33.2. The molecule has 1 saturated heterocycles. The maximum Gasteiger partial charge on any atom is 0.213 e. The van der Waals surface area contributed by atoms with Crippen LogP contribution in [0.3, 0.4) is 0 Å². The summed E-state index contributed by atoms with van der Waals surface area (Å²) in [5.74, 6) is -0.0811. The van der Waals surface area contributed by atoms with Gasteiger partial charge in [0, 0.05) is 12.6 Å². The summed E-state index contributed by atoms with van der Waals surface area (Å²) in [6, 6.07) is -0.222. The summed E-state index contributed by atoms with van der Waals surface area (Å²) >= 11 is 0. The highest BCUT2D eigenvalue weighted by atomic mass is 16.3. The van der Waals surface area contributed by atoms with Gasteiger partial charge in [-0.2, -0.15) is 0 Å². The number of nitrogens with zero attached hydrogens (tertiary/aromatic N) is 1. The first-order valence-corrected chi connectivity index (χ1v) is 3.65. The third-order valence-corrected chi connectivity index (χ3v) is 1.92. The number of guanidine groups is 1. The molecular weight excluding hydrogens is 144 g/mol. The predicted molar refractivity (Wildman–Crippen MR) is 41.8 cm³/mol. The lowest BCUT2D eigenvalue weighted by Gasteiger charge is -2.36. The van der Waals surface area contributed by atoms with Gasteiger partial charge in [-0.05, 0) is 12.8 Å². The van der Waals surface area contributed by atoms with Crippen LogP contribution < -0.4 is 11.5 Å². The third kappa shape index (κ3) is 1.61. The fraction of sp³-hybridized carbons (Fsp3) is 0.833. The molecule has 1 fully saturated rings. The highest BCUT2D eigenvalue weighted by Gasteiger charge is 2.27. The second-order valence-corrected chi connectivity index (χ2v) is 2.78. The Kier molecular flexibility index (Phi) is 1.91. The number of likely N-dealkylation sites (tertiary alicyclic amines) is 1. The molecule has 0 aromatic heterocycles. The SMILES string of the molecule is [3H]OC1C(N)CCCN1C(=N)N. The molecule has 0 spiro atoms. The summed E-state index contributed by atoms with van der Waals surface area (Å²) in [5, 5.41) is 11.6. The lowest BCUT2D eigenvalue weighted by Crippen LogP contribution is -2.56. The van der Waals surface area contributed by atoms with Gasteiger partial charge in [0.1, 0.15) is 6.23 Å². The van der Waals surface area contributed by atoms with E-state index in [1.165, 1.54) is 4.90 Å². The zero-order valence-electron chi connectivity index (χ0n) is 7.29. The van der Waals surface area contributed by atoms with Crippen molar-refractivity contribution in [1.82, 2.24) is 4.90 Å². The maximum atomic E-state index is 7.20. The molecule has 1 aliphatic heterocycles. The Balaban J connectivity index is 2.64. The van der Waals surface area contributed by atoms with E-state index in [1.807, 2.05) is 0 Å². The molecule has 1 heterocycles. The standard InChI is InChI=1S/C6H14N4O/c7-4-2-1-3-10(5(4)11)6(8)9/h4-5,11H,1-3,7H2,(H3,8,9)/i11T. The molecule has 2 unspecified atom stereocenters. The molecule has 6 N–H and O–H groups in total. The van der Waals surface area contributed by atoms with Gasteiger partial charge >= 0.3 is 0 Å². The molecule has 0 radical (unpaired) electrons. The van der Waals surface area contributed by atoms with Gasteiger partial charge in [-0.1, -0.05) is 0 Å². The molecule has 1 aliphatic rings. The fourth-order valence-corrected chi connectivity index (χ4v) is 1.26. The topological polar surface area (TPSA) is 99.4 Å². The van der Waals surface area contributed by atoms with Crippen LogP contribution in [-0.4, -0.2) is 36.2 Å². The molecule has 0 saturated carbocycles. The minimum atomic E-state index is -0.559. The number of hydrogen-bond donors (Lipinski definition) is 4. The van der Waals surface area contributed by atoms with Crippen molar-refractivity contribution in [3.8, 4) is 0 Å². The number of aliphatic hydroxyl groups is 1. The highest BCUT2D eigenvalue weighted by Crippen LogP contribution is 2.12. The second-order valence-electron chi connectivity index (χ2n) is 2.78. The van der Waals surface area contributed by atoms with Crippen molar-refractivity contribution in [3.05, 3.63) is 0 Å². The molecule has 2 atom stereocenters. The van der Waals surface area contributed by atoms with Crippen LogP contribution in [0.2, 0.25) is 0 Å².